The predicted octanol–water partition coefficient (Wildman–Crippen LogP) is 6.25. The summed E-state index contributed by atoms with van der Waals surface area (Å²) in [5.41, 5.74) is -3.28. The van der Waals surface area contributed by atoms with E-state index in [1.807, 2.05) is 37.6 Å². The van der Waals surface area contributed by atoms with Crippen molar-refractivity contribution in [2.45, 2.75) is 48.2 Å². The number of thiophene rings is 1. The number of anilines is 1. The van der Waals surface area contributed by atoms with Crippen LogP contribution in [-0.2, 0) is 30.7 Å². The van der Waals surface area contributed by atoms with Crippen molar-refractivity contribution in [2.75, 3.05) is 47.3 Å². The summed E-state index contributed by atoms with van der Waals surface area (Å²) >= 11 is 0.992. The summed E-state index contributed by atoms with van der Waals surface area (Å²) < 4.78 is 85.5. The molecule has 1 aliphatic rings. The number of rotatable bonds is 11. The largest absolute Gasteiger partial charge is 0.493 e. The van der Waals surface area contributed by atoms with Crippen LogP contribution in [0.5, 0.6) is 17.2 Å². The summed E-state index contributed by atoms with van der Waals surface area (Å²) in [5.74, 6) is -2.19. The lowest BCUT2D eigenvalue weighted by atomic mass is 9.87. The van der Waals surface area contributed by atoms with Crippen LogP contribution in [-0.4, -0.2) is 89.9 Å². The van der Waals surface area contributed by atoms with Crippen LogP contribution in [0.4, 0.5) is 18.9 Å². The first-order valence-corrected chi connectivity index (χ1v) is 19.1. The first kappa shape index (κ1) is 42.8. The van der Waals surface area contributed by atoms with Crippen molar-refractivity contribution < 1.29 is 60.0 Å². The molecule has 0 bridgehead atoms. The molecule has 1 aliphatic heterocycles. The van der Waals surface area contributed by atoms with E-state index in [9.17, 15) is 41.1 Å². The molecule has 0 saturated heterocycles. The monoisotopic (exact) mass is 806 g/mol. The molecule has 55 heavy (non-hydrogen) atoms. The predicted molar refractivity (Wildman–Crippen MR) is 199 cm³/mol. The molecule has 17 heteroatoms. The number of fused-ring (bicyclic) bond motifs is 2. The maximum absolute atomic E-state index is 12.9. The number of hydrogen-bond donors (Lipinski definition) is 2. The summed E-state index contributed by atoms with van der Waals surface area (Å²) in [6.45, 7) is 2.57. The van der Waals surface area contributed by atoms with Crippen LogP contribution in [0.2, 0.25) is 0 Å². The number of esters is 1. The second-order valence-corrected chi connectivity index (χ2v) is 15.6. The number of sulfone groups is 1. The second-order valence-electron chi connectivity index (χ2n) is 12.7. The van der Waals surface area contributed by atoms with E-state index in [2.05, 4.69) is 24.0 Å². The normalized spacial score (nSPS) is 15.5. The van der Waals surface area contributed by atoms with Crippen molar-refractivity contribution in [3.63, 3.8) is 0 Å². The first-order valence-electron chi connectivity index (χ1n) is 16.6. The van der Waals surface area contributed by atoms with Gasteiger partial charge in [-0.3, -0.25) is 14.5 Å². The van der Waals surface area contributed by atoms with Crippen molar-refractivity contribution in [1.29, 1.82) is 0 Å². The van der Waals surface area contributed by atoms with Crippen LogP contribution >= 0.6 is 11.3 Å². The third kappa shape index (κ3) is 8.64. The number of likely N-dealkylation sites (N-methyl/N-ethyl adjacent to an activating group) is 1. The summed E-state index contributed by atoms with van der Waals surface area (Å²) in [7, 11) is 4.55. The van der Waals surface area contributed by atoms with Gasteiger partial charge in [-0.05, 0) is 74.3 Å². The Kier molecular flexibility index (Phi) is 13.1. The molecule has 1 unspecified atom stereocenters. The Morgan fingerprint density at radius 3 is 2.09 bits per heavy atom. The van der Waals surface area contributed by atoms with Gasteiger partial charge in [-0.2, -0.15) is 13.2 Å². The van der Waals surface area contributed by atoms with Crippen molar-refractivity contribution in [2.24, 2.45) is 0 Å². The Labute approximate surface area is 320 Å². The number of halogens is 3. The van der Waals surface area contributed by atoms with Gasteiger partial charge in [-0.15, -0.1) is 11.3 Å². The van der Waals surface area contributed by atoms with E-state index in [4.69, 9.17) is 18.9 Å². The van der Waals surface area contributed by atoms with Crippen LogP contribution in [0.1, 0.15) is 57.0 Å². The van der Waals surface area contributed by atoms with Gasteiger partial charge in [0.25, 0.3) is 5.91 Å². The highest BCUT2D eigenvalue weighted by molar-refractivity contribution is 7.90. The van der Waals surface area contributed by atoms with Gasteiger partial charge in [0, 0.05) is 0 Å². The molecule has 2 N–H and O–H groups in total. The number of amides is 1. The third-order valence-electron chi connectivity index (χ3n) is 9.22. The fourth-order valence-electron chi connectivity index (χ4n) is 5.85. The minimum Gasteiger partial charge on any atom is -0.493 e. The molecule has 296 valence electrons. The van der Waals surface area contributed by atoms with Gasteiger partial charge in [-0.1, -0.05) is 43.3 Å². The average Bonchev–Trinajstić information content (AvgIpc) is 3.58. The number of carbonyl (C=O) groups is 3. The van der Waals surface area contributed by atoms with Gasteiger partial charge < -0.3 is 29.4 Å². The molecule has 12 nitrogen and oxygen atoms in total. The zero-order chi connectivity index (χ0) is 40.9. The van der Waals surface area contributed by atoms with Gasteiger partial charge in [-0.25, -0.2) is 13.2 Å². The van der Waals surface area contributed by atoms with Crippen molar-refractivity contribution in [3.8, 4) is 17.2 Å². The fraction of sp³-hybridized carbons (Fsp3) is 0.342. The number of alkyl halides is 3. The van der Waals surface area contributed by atoms with E-state index in [0.717, 1.165) is 35.5 Å². The summed E-state index contributed by atoms with van der Waals surface area (Å²) in [6.07, 6.45) is -4.48. The summed E-state index contributed by atoms with van der Waals surface area (Å²) in [4.78, 5) is 39.4. The molecule has 0 aliphatic carbocycles. The number of benzene rings is 3. The molecule has 2 atom stereocenters. The third-order valence-corrected chi connectivity index (χ3v) is 11.9. The highest BCUT2D eigenvalue weighted by Crippen LogP contribution is 2.40. The SMILES string of the molecule is CCC(COC(=O)c1cc(OC)c(OC)c(OC)c1)(c1ccccc1)N(C)C.C[C@](O)(C(=O)Nc1cccc2c1C(=O)c1sccc1CS2(=O)=O)C(F)(F)F. The van der Waals surface area contributed by atoms with Crippen LogP contribution in [0.3, 0.4) is 0 Å². The van der Waals surface area contributed by atoms with Crippen LogP contribution in [0.15, 0.2) is 77.0 Å². The number of ketones is 1. The lowest BCUT2D eigenvalue weighted by Gasteiger charge is -2.39. The van der Waals surface area contributed by atoms with Gasteiger partial charge in [0.15, 0.2) is 21.3 Å². The van der Waals surface area contributed by atoms with Crippen LogP contribution in [0, 0.1) is 0 Å². The standard InChI is InChI=1S/C22H29NO5.C16H12F3NO5S2/c1-7-22(23(2)3,17-11-9-8-10-12-17)15-28-21(24)16-13-18(25-4)20(27-6)19(14-16)26-5;1-15(23,16(17,18)19)14(22)20-9-3-2-4-10-11(9)12(21)13-8(5-6-26-13)7-27(10,24)25/h8-14H,7,15H2,1-6H3;2-6,23H,7H2,1H3,(H,20,22)/t;15-/m.0/s1. The van der Waals surface area contributed by atoms with Gasteiger partial charge in [0.2, 0.25) is 17.1 Å². The molecule has 0 saturated carbocycles. The molecule has 0 spiro atoms. The minimum absolute atomic E-state index is 0.126. The van der Waals surface area contributed by atoms with Gasteiger partial charge >= 0.3 is 12.1 Å². The molecule has 1 amide bonds. The summed E-state index contributed by atoms with van der Waals surface area (Å²) in [5, 5.41) is 12.9. The Bertz CT molecular complexity index is 2130. The fourth-order valence-corrected chi connectivity index (χ4v) is 8.42. The smallest absolute Gasteiger partial charge is 0.426 e. The topological polar surface area (TPSA) is 158 Å². The Morgan fingerprint density at radius 2 is 1.56 bits per heavy atom. The Hall–Kier alpha value is -4.97. The van der Waals surface area contributed by atoms with Gasteiger partial charge in [0.05, 0.1) is 59.2 Å². The molecule has 0 radical (unpaired) electrons. The lowest BCUT2D eigenvalue weighted by molar-refractivity contribution is -0.242. The first-order chi connectivity index (χ1) is 25.8. The molecular formula is C38H41F3N2O10S2. The second kappa shape index (κ2) is 16.8. The molecule has 5 rings (SSSR count). The van der Waals surface area contributed by atoms with E-state index in [0.29, 0.717) is 22.8 Å². The van der Waals surface area contributed by atoms with Crippen LogP contribution < -0.4 is 19.5 Å². The molecular weight excluding hydrogens is 766 g/mol. The van der Waals surface area contributed by atoms with E-state index in [-0.39, 0.29) is 28.9 Å². The molecule has 3 aromatic carbocycles. The molecule has 4 aromatic rings. The van der Waals surface area contributed by atoms with E-state index in [1.54, 1.807) is 12.1 Å². The Morgan fingerprint density at radius 1 is 0.945 bits per heavy atom. The number of aliphatic hydroxyl groups is 1. The average molecular weight is 807 g/mol. The van der Waals surface area contributed by atoms with Crippen molar-refractivity contribution in [3.05, 3.63) is 99.2 Å². The van der Waals surface area contributed by atoms with E-state index in [1.165, 1.54) is 38.8 Å². The lowest BCUT2D eigenvalue weighted by Crippen LogP contribution is -2.52. The zero-order valence-corrected chi connectivity index (χ0v) is 32.7. The maximum Gasteiger partial charge on any atom is 0.426 e. The van der Waals surface area contributed by atoms with E-state index >= 15 is 0 Å². The zero-order valence-electron chi connectivity index (χ0n) is 31.1. The number of methoxy groups -OCH3 is 3. The number of hydrogen-bond acceptors (Lipinski definition) is 12. The van der Waals surface area contributed by atoms with Crippen molar-refractivity contribution >= 4 is 44.5 Å². The Balaban J connectivity index is 0.000000245. The number of nitrogens with zero attached hydrogens (tertiary/aromatic N) is 1. The van der Waals surface area contributed by atoms with Gasteiger partial charge in [0.1, 0.15) is 6.61 Å². The highest BCUT2D eigenvalue weighted by atomic mass is 32.2. The number of carbonyl (C=O) groups excluding carboxylic acids is 3. The van der Waals surface area contributed by atoms with Crippen molar-refractivity contribution in [1.82, 2.24) is 4.90 Å². The number of ether oxygens (including phenoxy) is 4. The molecule has 0 fully saturated rings. The minimum atomic E-state index is -5.26. The highest BCUT2D eigenvalue weighted by Gasteiger charge is 2.56. The number of nitrogens with one attached hydrogen (secondary N) is 1. The molecule has 2 heterocycles. The van der Waals surface area contributed by atoms with Crippen LogP contribution in [0.25, 0.3) is 0 Å². The van der Waals surface area contributed by atoms with E-state index < -0.39 is 61.8 Å². The quantitative estimate of drug-likeness (QED) is 0.165. The maximum atomic E-state index is 12.9. The summed E-state index contributed by atoms with van der Waals surface area (Å²) in [6, 6.07) is 18.2. The molecule has 1 aromatic heterocycles.